The summed E-state index contributed by atoms with van der Waals surface area (Å²) in [7, 11) is 0. The van der Waals surface area contributed by atoms with Crippen molar-refractivity contribution in [3.05, 3.63) is 94.0 Å². The van der Waals surface area contributed by atoms with Crippen LogP contribution in [-0.2, 0) is 20.5 Å². The lowest BCUT2D eigenvalue weighted by molar-refractivity contribution is -0.137. The maximum atomic E-state index is 14.4. The Labute approximate surface area is 213 Å². The van der Waals surface area contributed by atoms with Gasteiger partial charge in [0.2, 0.25) is 5.91 Å². The van der Waals surface area contributed by atoms with Crippen LogP contribution in [0.2, 0.25) is 5.02 Å². The van der Waals surface area contributed by atoms with Crippen LogP contribution in [0.25, 0.3) is 0 Å². The van der Waals surface area contributed by atoms with Gasteiger partial charge in [-0.25, -0.2) is 0 Å². The number of hydrogen-bond acceptors (Lipinski definition) is 4. The summed E-state index contributed by atoms with van der Waals surface area (Å²) in [5, 5.41) is 6.53. The van der Waals surface area contributed by atoms with Gasteiger partial charge in [-0.2, -0.15) is 0 Å². The number of anilines is 2. The average Bonchev–Trinajstić information content (AvgIpc) is 3.59. The van der Waals surface area contributed by atoms with Gasteiger partial charge in [0.15, 0.2) is 5.78 Å². The number of para-hydroxylation sites is 1. The molecule has 7 heteroatoms. The Hall–Kier alpha value is -3.48. The van der Waals surface area contributed by atoms with E-state index in [1.807, 2.05) is 61.5 Å². The van der Waals surface area contributed by atoms with Crippen molar-refractivity contribution in [2.75, 3.05) is 17.2 Å². The van der Waals surface area contributed by atoms with E-state index in [2.05, 4.69) is 15.5 Å². The highest BCUT2D eigenvalue weighted by Crippen LogP contribution is 2.68. The molecule has 2 fully saturated rings. The molecule has 3 aromatic rings. The van der Waals surface area contributed by atoms with Crippen molar-refractivity contribution in [2.24, 2.45) is 5.92 Å². The van der Waals surface area contributed by atoms with Crippen molar-refractivity contribution in [2.45, 2.75) is 36.8 Å². The highest BCUT2D eigenvalue weighted by atomic mass is 35.5. The second-order valence-electron chi connectivity index (χ2n) is 10.3. The number of nitrogens with zero attached hydrogens (tertiary/aromatic N) is 1. The molecule has 2 amide bonds. The van der Waals surface area contributed by atoms with Gasteiger partial charge in [0.05, 0.1) is 16.6 Å². The van der Waals surface area contributed by atoms with Gasteiger partial charge in [-0.15, -0.1) is 0 Å². The third-order valence-corrected chi connectivity index (χ3v) is 8.94. The summed E-state index contributed by atoms with van der Waals surface area (Å²) in [6.07, 6.45) is 1.57. The van der Waals surface area contributed by atoms with Crippen LogP contribution in [0.1, 0.15) is 39.9 Å². The van der Waals surface area contributed by atoms with E-state index in [4.69, 9.17) is 11.6 Å². The third-order valence-electron chi connectivity index (χ3n) is 8.64. The molecule has 180 valence electrons. The minimum Gasteiger partial charge on any atom is -0.325 e. The molecule has 4 heterocycles. The lowest BCUT2D eigenvalue weighted by Crippen LogP contribution is -2.62. The van der Waals surface area contributed by atoms with Gasteiger partial charge in [-0.1, -0.05) is 66.2 Å². The summed E-state index contributed by atoms with van der Waals surface area (Å²) < 4.78 is 0. The predicted octanol–water partition coefficient (Wildman–Crippen LogP) is 4.66. The van der Waals surface area contributed by atoms with Crippen molar-refractivity contribution in [3.63, 3.8) is 0 Å². The van der Waals surface area contributed by atoms with Crippen molar-refractivity contribution < 1.29 is 14.4 Å². The van der Waals surface area contributed by atoms with E-state index in [0.29, 0.717) is 39.6 Å². The van der Waals surface area contributed by atoms with Gasteiger partial charge >= 0.3 is 0 Å². The number of rotatable bonds is 2. The van der Waals surface area contributed by atoms with Gasteiger partial charge < -0.3 is 10.6 Å². The first kappa shape index (κ1) is 21.8. The maximum absolute atomic E-state index is 14.4. The number of Topliss-reactive ketones (excluding diaryl/α,β-unsaturated/α-hetero) is 1. The molecule has 4 unspecified atom stereocenters. The Bertz CT molecular complexity index is 1490. The highest BCUT2D eigenvalue weighted by molar-refractivity contribution is 6.35. The summed E-state index contributed by atoms with van der Waals surface area (Å²) in [6.45, 7) is 2.54. The Morgan fingerprint density at radius 3 is 2.53 bits per heavy atom. The number of fused-ring (bicyclic) bond motifs is 7. The fourth-order valence-electron chi connectivity index (χ4n) is 7.55. The van der Waals surface area contributed by atoms with Crippen molar-refractivity contribution in [3.8, 4) is 0 Å². The quantitative estimate of drug-likeness (QED) is 0.505. The second kappa shape index (κ2) is 7.28. The van der Waals surface area contributed by atoms with Crippen LogP contribution in [0, 0.1) is 12.8 Å². The molecule has 2 spiro atoms. The summed E-state index contributed by atoms with van der Waals surface area (Å²) in [4.78, 5) is 45.4. The number of carbonyl (C=O) groups is 3. The highest BCUT2D eigenvalue weighted by Gasteiger charge is 2.81. The molecule has 0 aromatic heterocycles. The molecule has 0 aliphatic carbocycles. The SMILES string of the molecule is Cc1cc(Cl)c2c(c1)C1(C(=O)N2)N2CCCC2C(C(=O)c2ccccc2)C12C(=O)Nc1ccccc12. The van der Waals surface area contributed by atoms with Crippen LogP contribution in [-0.4, -0.2) is 35.1 Å². The molecule has 4 aliphatic heterocycles. The number of aryl methyl sites for hydroxylation is 1. The molecule has 7 rings (SSSR count). The van der Waals surface area contributed by atoms with Crippen LogP contribution in [0.15, 0.2) is 66.7 Å². The minimum absolute atomic E-state index is 0.115. The third kappa shape index (κ3) is 2.34. The number of amides is 2. The first-order valence-electron chi connectivity index (χ1n) is 12.3. The standard InChI is InChI=1S/C29H24ClN3O3/c1-16-14-19-24(20(30)15-16)32-27(36)29(19)28(18-10-5-6-11-21(18)31-26(28)35)23(22-12-7-13-33(22)29)25(34)17-8-3-2-4-9-17/h2-6,8-11,14-15,22-23H,7,12-13H2,1H3,(H,31,35)(H,32,36). The number of halogens is 1. The molecular weight excluding hydrogens is 474 g/mol. The van der Waals surface area contributed by atoms with Gasteiger partial charge in [-0.05, 0) is 49.6 Å². The number of hydrogen-bond donors (Lipinski definition) is 2. The summed E-state index contributed by atoms with van der Waals surface area (Å²) >= 11 is 6.67. The van der Waals surface area contributed by atoms with Gasteiger partial charge in [0.25, 0.3) is 5.91 Å². The van der Waals surface area contributed by atoms with Crippen molar-refractivity contribution >= 4 is 40.6 Å². The molecule has 2 saturated heterocycles. The van der Waals surface area contributed by atoms with E-state index in [-0.39, 0.29) is 23.6 Å². The number of benzene rings is 3. The van der Waals surface area contributed by atoms with Gasteiger partial charge in [-0.3, -0.25) is 19.3 Å². The van der Waals surface area contributed by atoms with E-state index in [1.165, 1.54) is 0 Å². The lowest BCUT2D eigenvalue weighted by atomic mass is 9.57. The van der Waals surface area contributed by atoms with E-state index in [1.54, 1.807) is 12.1 Å². The molecule has 3 aromatic carbocycles. The van der Waals surface area contributed by atoms with Gasteiger partial charge in [0.1, 0.15) is 11.0 Å². The fraction of sp³-hybridized carbons (Fsp3) is 0.276. The predicted molar refractivity (Wildman–Crippen MR) is 137 cm³/mol. The van der Waals surface area contributed by atoms with Crippen LogP contribution in [0.4, 0.5) is 11.4 Å². The molecule has 6 nitrogen and oxygen atoms in total. The monoisotopic (exact) mass is 497 g/mol. The second-order valence-corrected chi connectivity index (χ2v) is 10.7. The first-order chi connectivity index (χ1) is 17.4. The van der Waals surface area contributed by atoms with Crippen LogP contribution < -0.4 is 10.6 Å². The van der Waals surface area contributed by atoms with Crippen molar-refractivity contribution in [1.82, 2.24) is 4.90 Å². The Balaban J connectivity index is 1.62. The molecular formula is C29H24ClN3O3. The van der Waals surface area contributed by atoms with Crippen LogP contribution in [0.5, 0.6) is 0 Å². The summed E-state index contributed by atoms with van der Waals surface area (Å²) in [5.74, 6) is -1.47. The van der Waals surface area contributed by atoms with Crippen molar-refractivity contribution in [1.29, 1.82) is 0 Å². The van der Waals surface area contributed by atoms with E-state index in [9.17, 15) is 14.4 Å². The number of ketones is 1. The summed E-state index contributed by atoms with van der Waals surface area (Å²) in [6, 6.07) is 20.1. The van der Waals surface area contributed by atoms with Crippen LogP contribution >= 0.6 is 11.6 Å². The molecule has 2 N–H and O–H groups in total. The summed E-state index contributed by atoms with van der Waals surface area (Å²) in [5.41, 5.74) is 1.14. The normalized spacial score (nSPS) is 29.8. The smallest absolute Gasteiger partial charge is 0.251 e. The number of nitrogens with one attached hydrogen (secondary N) is 2. The number of carbonyl (C=O) groups excluding carboxylic acids is 3. The van der Waals surface area contributed by atoms with E-state index < -0.39 is 16.9 Å². The molecule has 0 saturated carbocycles. The Morgan fingerprint density at radius 1 is 0.972 bits per heavy atom. The zero-order chi connectivity index (χ0) is 24.8. The van der Waals surface area contributed by atoms with E-state index >= 15 is 0 Å². The first-order valence-corrected chi connectivity index (χ1v) is 12.7. The molecule has 36 heavy (non-hydrogen) atoms. The Kier molecular flexibility index (Phi) is 4.40. The topological polar surface area (TPSA) is 78.5 Å². The molecule has 4 aliphatic rings. The average molecular weight is 498 g/mol. The minimum atomic E-state index is -1.45. The lowest BCUT2D eigenvalue weighted by Gasteiger charge is -2.43. The maximum Gasteiger partial charge on any atom is 0.251 e. The molecule has 0 bridgehead atoms. The van der Waals surface area contributed by atoms with Gasteiger partial charge in [0, 0.05) is 22.9 Å². The molecule has 4 atom stereocenters. The largest absolute Gasteiger partial charge is 0.325 e. The fourth-order valence-corrected chi connectivity index (χ4v) is 7.87. The van der Waals surface area contributed by atoms with E-state index in [0.717, 1.165) is 18.4 Å². The zero-order valence-electron chi connectivity index (χ0n) is 19.7. The Morgan fingerprint density at radius 2 is 1.72 bits per heavy atom. The molecule has 0 radical (unpaired) electrons. The van der Waals surface area contributed by atoms with Crippen LogP contribution in [0.3, 0.4) is 0 Å². The zero-order valence-corrected chi connectivity index (χ0v) is 20.4.